The maximum absolute atomic E-state index is 11.5. The second-order valence-electron chi connectivity index (χ2n) is 3.72. The lowest BCUT2D eigenvalue weighted by Gasteiger charge is -2.03. The number of aliphatic hydroxyl groups excluding tert-OH is 1. The summed E-state index contributed by atoms with van der Waals surface area (Å²) in [7, 11) is 2.27. The smallest absolute Gasteiger partial charge is 0.362 e. The van der Waals surface area contributed by atoms with Crippen LogP contribution in [0, 0.1) is 0 Å². The topological polar surface area (TPSA) is 97.5 Å². The number of hydrogen-bond acceptors (Lipinski definition) is 7. The molecular formula is C13H13ClN2O5. The molecule has 1 aromatic carbocycles. The minimum absolute atomic E-state index is 0.370. The molecule has 0 radical (unpaired) electrons. The van der Waals surface area contributed by atoms with Crippen LogP contribution in [0.3, 0.4) is 0 Å². The molecule has 7 nitrogen and oxygen atoms in total. The van der Waals surface area contributed by atoms with Crippen LogP contribution in [-0.4, -0.2) is 31.3 Å². The maximum Gasteiger partial charge on any atom is 0.362 e. The Morgan fingerprint density at radius 3 is 2.57 bits per heavy atom. The molecule has 0 amide bonds. The zero-order chi connectivity index (χ0) is 15.8. The number of ether oxygens (including phenoxy) is 2. The van der Waals surface area contributed by atoms with Gasteiger partial charge in [0, 0.05) is 5.02 Å². The van der Waals surface area contributed by atoms with E-state index in [0.29, 0.717) is 10.7 Å². The highest BCUT2D eigenvalue weighted by atomic mass is 35.5. The Labute approximate surface area is 125 Å². The molecule has 0 fully saturated rings. The summed E-state index contributed by atoms with van der Waals surface area (Å²) in [5.74, 6) is -2.26. The minimum atomic E-state index is -0.929. The summed E-state index contributed by atoms with van der Waals surface area (Å²) >= 11 is 5.78. The van der Waals surface area contributed by atoms with Gasteiger partial charge >= 0.3 is 11.9 Å². The van der Waals surface area contributed by atoms with Crippen LogP contribution in [0.4, 0.5) is 5.69 Å². The van der Waals surface area contributed by atoms with E-state index >= 15 is 0 Å². The number of nitrogens with zero attached hydrogens (tertiary/aromatic N) is 2. The fourth-order valence-corrected chi connectivity index (χ4v) is 1.44. The number of methoxy groups -OCH3 is 2. The zero-order valence-corrected chi connectivity index (χ0v) is 12.1. The Morgan fingerprint density at radius 2 is 2.00 bits per heavy atom. The quantitative estimate of drug-likeness (QED) is 0.390. The molecule has 8 heteroatoms. The largest absolute Gasteiger partial charge is 0.509 e. The summed E-state index contributed by atoms with van der Waals surface area (Å²) in [5.41, 5.74) is -0.113. The van der Waals surface area contributed by atoms with Crippen molar-refractivity contribution in [2.75, 3.05) is 14.2 Å². The van der Waals surface area contributed by atoms with Crippen molar-refractivity contribution in [3.63, 3.8) is 0 Å². The average molecular weight is 313 g/mol. The third kappa shape index (κ3) is 5.23. The van der Waals surface area contributed by atoms with Crippen LogP contribution in [0.2, 0.25) is 5.02 Å². The lowest BCUT2D eigenvalue weighted by Crippen LogP contribution is -2.09. The normalized spacial score (nSPS) is 12.0. The molecule has 0 aromatic heterocycles. The van der Waals surface area contributed by atoms with Crippen LogP contribution in [0.1, 0.15) is 6.42 Å². The molecule has 0 bridgehead atoms. The van der Waals surface area contributed by atoms with Crippen molar-refractivity contribution in [1.29, 1.82) is 0 Å². The second-order valence-corrected chi connectivity index (χ2v) is 4.16. The molecule has 112 valence electrons. The molecule has 0 heterocycles. The summed E-state index contributed by atoms with van der Waals surface area (Å²) < 4.78 is 8.86. The van der Waals surface area contributed by atoms with Gasteiger partial charge in [-0.25, -0.2) is 4.79 Å². The van der Waals surface area contributed by atoms with Crippen LogP contribution >= 0.6 is 11.6 Å². The molecule has 0 spiro atoms. The first-order chi connectivity index (χ1) is 9.97. The molecule has 1 rings (SSSR count). The number of azo groups is 1. The molecule has 1 aromatic rings. The Hall–Kier alpha value is -2.41. The first-order valence-corrected chi connectivity index (χ1v) is 6.10. The van der Waals surface area contributed by atoms with Gasteiger partial charge in [0.1, 0.15) is 12.2 Å². The fraction of sp³-hybridized carbons (Fsp3) is 0.231. The van der Waals surface area contributed by atoms with Crippen LogP contribution in [0.25, 0.3) is 0 Å². The fourth-order valence-electron chi connectivity index (χ4n) is 1.25. The number of rotatable bonds is 5. The van der Waals surface area contributed by atoms with E-state index in [2.05, 4.69) is 19.7 Å². The molecule has 0 atom stereocenters. The number of carbonyl (C=O) groups is 2. The zero-order valence-electron chi connectivity index (χ0n) is 11.4. The molecule has 21 heavy (non-hydrogen) atoms. The molecule has 0 aliphatic heterocycles. The van der Waals surface area contributed by atoms with Gasteiger partial charge in [-0.05, 0) is 18.2 Å². The van der Waals surface area contributed by atoms with E-state index in [4.69, 9.17) is 11.6 Å². The van der Waals surface area contributed by atoms with Crippen LogP contribution in [0.15, 0.2) is 46.0 Å². The van der Waals surface area contributed by atoms with Gasteiger partial charge in [-0.3, -0.25) is 4.79 Å². The molecule has 0 aliphatic carbocycles. The van der Waals surface area contributed by atoms with E-state index in [1.165, 1.54) is 6.07 Å². The number of hydrogen-bond donors (Lipinski definition) is 1. The summed E-state index contributed by atoms with van der Waals surface area (Å²) in [6, 6.07) is 6.40. The number of benzene rings is 1. The van der Waals surface area contributed by atoms with Crippen LogP contribution in [-0.2, 0) is 19.1 Å². The summed E-state index contributed by atoms with van der Waals surface area (Å²) in [6.45, 7) is 0. The molecule has 1 N–H and O–H groups in total. The lowest BCUT2D eigenvalue weighted by molar-refractivity contribution is -0.140. The number of carbonyl (C=O) groups excluding carboxylic acids is 2. The highest BCUT2D eigenvalue weighted by Gasteiger charge is 2.18. The van der Waals surface area contributed by atoms with Crippen molar-refractivity contribution in [2.24, 2.45) is 10.2 Å². The van der Waals surface area contributed by atoms with Crippen LogP contribution in [0.5, 0.6) is 0 Å². The first kappa shape index (κ1) is 16.6. The standard InChI is InChI=1S/C13H13ClN2O5/c1-20-11(18)7-10(17)12(13(19)21-2)16-15-9-5-3-4-8(14)6-9/h3-6,17H,7H2,1-2H3/b12-10-,16-15?. The van der Waals surface area contributed by atoms with Gasteiger partial charge in [0.15, 0.2) is 0 Å². The van der Waals surface area contributed by atoms with E-state index in [-0.39, 0.29) is 0 Å². The molecule has 0 unspecified atom stereocenters. The third-order valence-corrected chi connectivity index (χ3v) is 2.50. The Morgan fingerprint density at radius 1 is 1.29 bits per heavy atom. The summed E-state index contributed by atoms with van der Waals surface area (Å²) in [4.78, 5) is 22.6. The molecular weight excluding hydrogens is 300 g/mol. The van der Waals surface area contributed by atoms with E-state index in [1.54, 1.807) is 18.2 Å². The van der Waals surface area contributed by atoms with Crippen molar-refractivity contribution in [1.82, 2.24) is 0 Å². The third-order valence-electron chi connectivity index (χ3n) is 2.27. The highest BCUT2D eigenvalue weighted by molar-refractivity contribution is 6.30. The summed E-state index contributed by atoms with van der Waals surface area (Å²) in [5, 5.41) is 17.5. The number of halogens is 1. The Bertz CT molecular complexity index is 598. The van der Waals surface area contributed by atoms with Gasteiger partial charge in [0.2, 0.25) is 5.70 Å². The van der Waals surface area contributed by atoms with E-state index in [0.717, 1.165) is 14.2 Å². The Balaban J connectivity index is 3.06. The number of esters is 2. The average Bonchev–Trinajstić information content (AvgIpc) is 2.46. The number of aliphatic hydroxyl groups is 1. The molecule has 0 saturated carbocycles. The van der Waals surface area contributed by atoms with E-state index in [1.807, 2.05) is 0 Å². The van der Waals surface area contributed by atoms with Crippen molar-refractivity contribution in [3.05, 3.63) is 40.7 Å². The van der Waals surface area contributed by atoms with Crippen molar-refractivity contribution >= 4 is 29.2 Å². The minimum Gasteiger partial charge on any atom is -0.509 e. The van der Waals surface area contributed by atoms with Crippen molar-refractivity contribution in [2.45, 2.75) is 6.42 Å². The van der Waals surface area contributed by atoms with Gasteiger partial charge < -0.3 is 14.6 Å². The van der Waals surface area contributed by atoms with Gasteiger partial charge in [-0.2, -0.15) is 5.11 Å². The maximum atomic E-state index is 11.5. The highest BCUT2D eigenvalue weighted by Crippen LogP contribution is 2.20. The molecule has 0 saturated heterocycles. The van der Waals surface area contributed by atoms with Gasteiger partial charge in [-0.1, -0.05) is 17.7 Å². The predicted molar refractivity (Wildman–Crippen MR) is 74.3 cm³/mol. The molecule has 0 aliphatic rings. The monoisotopic (exact) mass is 312 g/mol. The van der Waals surface area contributed by atoms with Gasteiger partial charge in [0.05, 0.1) is 19.9 Å². The first-order valence-electron chi connectivity index (χ1n) is 5.72. The SMILES string of the molecule is COC(=O)C/C(O)=C(/N=Nc1cccc(Cl)c1)C(=O)OC. The lowest BCUT2D eigenvalue weighted by atomic mass is 10.3. The second kappa shape index (κ2) is 8.01. The summed E-state index contributed by atoms with van der Waals surface area (Å²) in [6.07, 6.45) is -0.518. The predicted octanol–water partition coefficient (Wildman–Crippen LogP) is 2.93. The van der Waals surface area contributed by atoms with E-state index < -0.39 is 29.8 Å². The Kier molecular flexibility index (Phi) is 6.35. The van der Waals surface area contributed by atoms with Crippen molar-refractivity contribution < 1.29 is 24.2 Å². The van der Waals surface area contributed by atoms with Gasteiger partial charge in [-0.15, -0.1) is 5.11 Å². The van der Waals surface area contributed by atoms with Gasteiger partial charge in [0.25, 0.3) is 0 Å². The van der Waals surface area contributed by atoms with Crippen molar-refractivity contribution in [3.8, 4) is 0 Å². The van der Waals surface area contributed by atoms with Crippen LogP contribution < -0.4 is 0 Å². The van der Waals surface area contributed by atoms with E-state index in [9.17, 15) is 14.7 Å².